The summed E-state index contributed by atoms with van der Waals surface area (Å²) in [7, 11) is 0. The van der Waals surface area contributed by atoms with Gasteiger partial charge in [-0.25, -0.2) is 15.0 Å². The summed E-state index contributed by atoms with van der Waals surface area (Å²) in [4.78, 5) is 46.0. The predicted molar refractivity (Wildman–Crippen MR) is 208 cm³/mol. The first-order valence-electron chi connectivity index (χ1n) is 18.7. The molecule has 0 saturated carbocycles. The largest absolute Gasteiger partial charge is 0.384 e. The number of carbonyl (C=O) groups is 2. The summed E-state index contributed by atoms with van der Waals surface area (Å²) in [6.45, 7) is 9.98. The number of nitrogens with one attached hydrogen (secondary N) is 2. The Morgan fingerprint density at radius 1 is 0.962 bits per heavy atom. The van der Waals surface area contributed by atoms with Crippen molar-refractivity contribution >= 4 is 58.3 Å². The van der Waals surface area contributed by atoms with E-state index in [1.54, 1.807) is 12.4 Å². The van der Waals surface area contributed by atoms with Gasteiger partial charge in [0.15, 0.2) is 5.82 Å². The zero-order valence-electron chi connectivity index (χ0n) is 30.0. The number of nitrogen functional groups attached to an aromatic ring is 1. The van der Waals surface area contributed by atoms with Gasteiger partial charge < -0.3 is 31.5 Å². The highest BCUT2D eigenvalue weighted by Gasteiger charge is 2.30. The third-order valence-corrected chi connectivity index (χ3v) is 12.9. The van der Waals surface area contributed by atoms with Crippen molar-refractivity contribution < 1.29 is 9.59 Å². The molecule has 278 valence electrons. The van der Waals surface area contributed by atoms with E-state index < -0.39 is 0 Å². The van der Waals surface area contributed by atoms with Crippen LogP contribution in [-0.4, -0.2) is 89.6 Å². The van der Waals surface area contributed by atoms with E-state index in [0.717, 1.165) is 119 Å². The molecule has 4 aliphatic heterocycles. The number of benzene rings is 1. The van der Waals surface area contributed by atoms with Crippen LogP contribution in [0.15, 0.2) is 52.6 Å². The Morgan fingerprint density at radius 3 is 2.42 bits per heavy atom. The predicted octanol–water partition coefficient (Wildman–Crippen LogP) is 5.14. The van der Waals surface area contributed by atoms with Crippen LogP contribution in [0.25, 0.3) is 0 Å². The number of likely N-dealkylation sites (tertiary alicyclic amines) is 1. The summed E-state index contributed by atoms with van der Waals surface area (Å²) in [6.07, 6.45) is 10.9. The quantitative estimate of drug-likeness (QED) is 0.203. The van der Waals surface area contributed by atoms with Gasteiger partial charge in [0.2, 0.25) is 11.8 Å². The Labute approximate surface area is 315 Å². The van der Waals surface area contributed by atoms with Crippen LogP contribution < -0.4 is 31.9 Å². The summed E-state index contributed by atoms with van der Waals surface area (Å²) in [5.41, 5.74) is 14.4. The van der Waals surface area contributed by atoms with Crippen molar-refractivity contribution in [2.45, 2.75) is 79.7 Å². The van der Waals surface area contributed by atoms with Gasteiger partial charge >= 0.3 is 0 Å². The first-order valence-corrected chi connectivity index (χ1v) is 19.9. The van der Waals surface area contributed by atoms with Crippen molar-refractivity contribution in [3.05, 3.63) is 53.3 Å². The molecule has 7 rings (SSSR count). The molecule has 6 heterocycles. The number of hydrogen-bond donors (Lipinski definition) is 4. The number of pyridine rings is 1. The van der Waals surface area contributed by atoms with Crippen molar-refractivity contribution in [2.75, 3.05) is 73.2 Å². The fraction of sp³-hybridized carbons (Fsp3) is 0.553. The third-order valence-electron chi connectivity index (χ3n) is 11.3. The maximum Gasteiger partial charge on any atom is 0.234 e. The molecule has 1 atom stereocenters. The summed E-state index contributed by atoms with van der Waals surface area (Å²) in [5.74, 6) is 2.72. The molecule has 4 aliphatic rings. The number of carbonyl (C=O) groups excluding carboxylic acids is 2. The molecule has 0 radical (unpaired) electrons. The van der Waals surface area contributed by atoms with Gasteiger partial charge in [0, 0.05) is 62.3 Å². The zero-order valence-corrected chi connectivity index (χ0v) is 31.6. The summed E-state index contributed by atoms with van der Waals surface area (Å²) >= 11 is 8.35. The molecule has 1 unspecified atom stereocenters. The van der Waals surface area contributed by atoms with Crippen molar-refractivity contribution in [1.29, 1.82) is 0 Å². The van der Waals surface area contributed by atoms with Crippen LogP contribution in [0.3, 0.4) is 0 Å². The molecular weight excluding hydrogens is 696 g/mol. The standard InChI is InChI=1S/C38H51ClN10O2S/c1-38(41)12-19-49(20-13-38)32-23-44-37(35(40)45-32)52-30-4-2-3-29(34(30)39)43-22-25-8-15-47(16-9-25)24-26-10-17-48(18-11-26)31-21-27(7-14-42-31)28-5-6-33(50)46-36(28)51/h2-4,7,14,21,23,25-26,28,43H,5-6,8-13,15-20,22,24,41H2,1H3,(H2,40,45)(H,46,50,51). The molecule has 0 aliphatic carbocycles. The molecule has 2 amide bonds. The molecule has 14 heteroatoms. The van der Waals surface area contributed by atoms with E-state index in [4.69, 9.17) is 23.1 Å². The van der Waals surface area contributed by atoms with Gasteiger partial charge in [-0.15, -0.1) is 0 Å². The summed E-state index contributed by atoms with van der Waals surface area (Å²) < 4.78 is 0. The number of nitrogens with two attached hydrogens (primary N) is 2. The van der Waals surface area contributed by atoms with Crippen LogP contribution in [0.5, 0.6) is 0 Å². The van der Waals surface area contributed by atoms with Crippen LogP contribution in [0.4, 0.5) is 23.1 Å². The molecule has 4 fully saturated rings. The Morgan fingerprint density at radius 2 is 1.69 bits per heavy atom. The Bertz CT molecular complexity index is 1730. The van der Waals surface area contributed by atoms with Crippen LogP contribution >= 0.6 is 23.4 Å². The number of anilines is 4. The molecule has 0 bridgehead atoms. The van der Waals surface area contributed by atoms with Crippen molar-refractivity contribution in [3.8, 4) is 0 Å². The SMILES string of the molecule is CC1(N)CCN(c2cnc(Sc3cccc(NCC4CCN(CC5CCN(c6cc(C7CCC(=O)NC7=O)ccn6)CC5)CC4)c3Cl)c(N)n2)CC1. The topological polar surface area (TPSA) is 159 Å². The molecule has 12 nitrogen and oxygen atoms in total. The summed E-state index contributed by atoms with van der Waals surface area (Å²) in [5, 5.41) is 7.44. The van der Waals surface area contributed by atoms with Gasteiger partial charge in [-0.3, -0.25) is 14.9 Å². The van der Waals surface area contributed by atoms with E-state index in [-0.39, 0.29) is 23.3 Å². The van der Waals surface area contributed by atoms with E-state index in [9.17, 15) is 9.59 Å². The maximum atomic E-state index is 12.4. The second-order valence-corrected chi connectivity index (χ2v) is 16.7. The van der Waals surface area contributed by atoms with Crippen LogP contribution in [0, 0.1) is 11.8 Å². The van der Waals surface area contributed by atoms with E-state index >= 15 is 0 Å². The first-order chi connectivity index (χ1) is 25.1. The van der Waals surface area contributed by atoms with Gasteiger partial charge in [0.1, 0.15) is 16.7 Å². The Hall–Kier alpha value is -3.65. The lowest BCUT2D eigenvalue weighted by Crippen LogP contribution is -2.48. The molecule has 6 N–H and O–H groups in total. The van der Waals surface area contributed by atoms with Crippen molar-refractivity contribution in [2.24, 2.45) is 17.6 Å². The van der Waals surface area contributed by atoms with E-state index in [2.05, 4.69) is 47.2 Å². The van der Waals surface area contributed by atoms with Crippen LogP contribution in [-0.2, 0) is 9.59 Å². The number of halogens is 1. The minimum Gasteiger partial charge on any atom is -0.384 e. The number of aromatic nitrogens is 3. The average Bonchev–Trinajstić information content (AvgIpc) is 3.14. The fourth-order valence-electron chi connectivity index (χ4n) is 7.86. The molecule has 4 saturated heterocycles. The lowest BCUT2D eigenvalue weighted by atomic mass is 9.90. The first kappa shape index (κ1) is 36.7. The second-order valence-electron chi connectivity index (χ2n) is 15.3. The molecule has 52 heavy (non-hydrogen) atoms. The maximum absolute atomic E-state index is 12.4. The highest BCUT2D eigenvalue weighted by molar-refractivity contribution is 7.99. The number of imide groups is 1. The monoisotopic (exact) mass is 746 g/mol. The molecule has 1 aromatic carbocycles. The second kappa shape index (κ2) is 16.2. The smallest absolute Gasteiger partial charge is 0.234 e. The number of rotatable bonds is 10. The third kappa shape index (κ3) is 8.92. The number of nitrogens with zero attached hydrogens (tertiary/aromatic N) is 6. The molecule has 0 spiro atoms. The van der Waals surface area contributed by atoms with E-state index in [1.165, 1.54) is 11.8 Å². The number of amides is 2. The van der Waals surface area contributed by atoms with Gasteiger partial charge in [-0.05, 0) is 107 Å². The molecular formula is C38H51ClN10O2S. The van der Waals surface area contributed by atoms with E-state index in [0.29, 0.717) is 40.5 Å². The van der Waals surface area contributed by atoms with Gasteiger partial charge in [0.05, 0.1) is 22.8 Å². The van der Waals surface area contributed by atoms with Crippen LogP contribution in [0.1, 0.15) is 69.8 Å². The minimum atomic E-state index is -0.282. The lowest BCUT2D eigenvalue weighted by Gasteiger charge is -2.38. The number of piperidine rings is 4. The Kier molecular flexibility index (Phi) is 11.4. The highest BCUT2D eigenvalue weighted by Crippen LogP contribution is 2.39. The summed E-state index contributed by atoms with van der Waals surface area (Å²) in [6, 6.07) is 10.00. The van der Waals surface area contributed by atoms with Crippen molar-refractivity contribution in [3.63, 3.8) is 0 Å². The lowest BCUT2D eigenvalue weighted by molar-refractivity contribution is -0.134. The average molecular weight is 747 g/mol. The van der Waals surface area contributed by atoms with Gasteiger partial charge in [0.25, 0.3) is 0 Å². The fourth-order valence-corrected chi connectivity index (χ4v) is 8.98. The van der Waals surface area contributed by atoms with Gasteiger partial charge in [-0.2, -0.15) is 0 Å². The number of hydrogen-bond acceptors (Lipinski definition) is 12. The molecule has 3 aromatic rings. The van der Waals surface area contributed by atoms with E-state index in [1.807, 2.05) is 30.3 Å². The minimum absolute atomic E-state index is 0.129. The highest BCUT2D eigenvalue weighted by atomic mass is 35.5. The van der Waals surface area contributed by atoms with Crippen LogP contribution in [0.2, 0.25) is 5.02 Å². The van der Waals surface area contributed by atoms with Crippen molar-refractivity contribution in [1.82, 2.24) is 25.2 Å². The van der Waals surface area contributed by atoms with Gasteiger partial charge in [-0.1, -0.05) is 29.4 Å². The molecule has 2 aromatic heterocycles. The Balaban J connectivity index is 0.842. The zero-order chi connectivity index (χ0) is 36.2. The normalized spacial score (nSPS) is 22.0.